The van der Waals surface area contributed by atoms with Crippen molar-refractivity contribution in [2.75, 3.05) is 13.2 Å². The molecule has 6 nitrogen and oxygen atoms in total. The van der Waals surface area contributed by atoms with Gasteiger partial charge in [-0.25, -0.2) is 10.0 Å². The van der Waals surface area contributed by atoms with Crippen molar-refractivity contribution >= 4 is 17.8 Å². The molecule has 0 aliphatic carbocycles. The Kier molecular flexibility index (Phi) is 7.38. The van der Waals surface area contributed by atoms with Gasteiger partial charge in [-0.05, 0) is 65.8 Å². The number of hydrogen-bond acceptors (Lipinski definition) is 4. The van der Waals surface area contributed by atoms with Crippen molar-refractivity contribution in [2.24, 2.45) is 0 Å². The molecule has 0 unspecified atom stereocenters. The Bertz CT molecular complexity index is 896. The van der Waals surface area contributed by atoms with E-state index in [9.17, 15) is 14.4 Å². The molecule has 0 spiro atoms. The lowest BCUT2D eigenvalue weighted by Gasteiger charge is -2.43. The zero-order chi connectivity index (χ0) is 22.5. The molecule has 30 heavy (non-hydrogen) atoms. The second kappa shape index (κ2) is 9.57. The maximum atomic E-state index is 13.5. The van der Waals surface area contributed by atoms with Gasteiger partial charge in [0.1, 0.15) is 6.54 Å². The highest BCUT2D eigenvalue weighted by Gasteiger charge is 2.37. The minimum atomic E-state index is -0.769. The zero-order valence-electron chi connectivity index (χ0n) is 18.6. The predicted molar refractivity (Wildman–Crippen MR) is 116 cm³/mol. The number of aryl methyl sites for hydroxylation is 2. The molecular weight excluding hydrogens is 380 g/mol. The Labute approximate surface area is 178 Å². The van der Waals surface area contributed by atoms with Crippen molar-refractivity contribution in [1.82, 2.24) is 10.0 Å². The lowest BCUT2D eigenvalue weighted by molar-refractivity contribution is -0.148. The second-order valence-corrected chi connectivity index (χ2v) is 8.19. The monoisotopic (exact) mass is 410 g/mol. The number of benzene rings is 2. The first-order chi connectivity index (χ1) is 14.0. The Morgan fingerprint density at radius 2 is 1.23 bits per heavy atom. The summed E-state index contributed by atoms with van der Waals surface area (Å²) in [7, 11) is 0. The summed E-state index contributed by atoms with van der Waals surface area (Å²) in [6.07, 6.45) is 0. The first-order valence-electron chi connectivity index (χ1n) is 10.00. The molecule has 0 fully saturated rings. The van der Waals surface area contributed by atoms with Gasteiger partial charge in [0, 0.05) is 11.1 Å². The molecule has 6 heteroatoms. The third-order valence-electron chi connectivity index (χ3n) is 4.48. The maximum absolute atomic E-state index is 13.5. The van der Waals surface area contributed by atoms with Crippen LogP contribution in [0.2, 0.25) is 0 Å². The quantitative estimate of drug-likeness (QED) is 0.548. The normalized spacial score (nSPS) is 11.0. The van der Waals surface area contributed by atoms with Crippen LogP contribution in [-0.4, -0.2) is 46.5 Å². The van der Waals surface area contributed by atoms with Gasteiger partial charge in [-0.15, -0.1) is 0 Å². The molecule has 0 heterocycles. The summed E-state index contributed by atoms with van der Waals surface area (Å²) in [6, 6.07) is 14.1. The van der Waals surface area contributed by atoms with E-state index in [1.54, 1.807) is 31.2 Å². The SMILES string of the molecule is CCOC(=O)CN(C(=O)c1ccc(C)cc1)N(C(=O)c1ccc(C)cc1)C(C)(C)C. The minimum Gasteiger partial charge on any atom is -0.465 e. The van der Waals surface area contributed by atoms with E-state index < -0.39 is 17.4 Å². The number of carbonyl (C=O) groups is 3. The molecule has 2 amide bonds. The minimum absolute atomic E-state index is 0.187. The van der Waals surface area contributed by atoms with E-state index in [2.05, 4.69) is 0 Å². The summed E-state index contributed by atoms with van der Waals surface area (Å²) >= 11 is 0. The average molecular weight is 411 g/mol. The smallest absolute Gasteiger partial charge is 0.327 e. The maximum Gasteiger partial charge on any atom is 0.327 e. The number of hydrazine groups is 1. The fourth-order valence-electron chi connectivity index (χ4n) is 3.00. The number of hydrogen-bond donors (Lipinski definition) is 0. The van der Waals surface area contributed by atoms with Gasteiger partial charge < -0.3 is 4.74 Å². The van der Waals surface area contributed by atoms with Gasteiger partial charge in [-0.3, -0.25) is 14.4 Å². The van der Waals surface area contributed by atoms with Crippen molar-refractivity contribution < 1.29 is 19.1 Å². The van der Waals surface area contributed by atoms with Crippen molar-refractivity contribution in [3.8, 4) is 0 Å². The highest BCUT2D eigenvalue weighted by Crippen LogP contribution is 2.23. The Morgan fingerprint density at radius 3 is 1.63 bits per heavy atom. The molecule has 2 aromatic rings. The summed E-state index contributed by atoms with van der Waals surface area (Å²) < 4.78 is 5.07. The fraction of sp³-hybridized carbons (Fsp3) is 0.375. The van der Waals surface area contributed by atoms with E-state index in [-0.39, 0.29) is 19.1 Å². The summed E-state index contributed by atoms with van der Waals surface area (Å²) in [4.78, 5) is 39.2. The van der Waals surface area contributed by atoms with Crippen LogP contribution in [0.15, 0.2) is 48.5 Å². The fourth-order valence-corrected chi connectivity index (χ4v) is 3.00. The van der Waals surface area contributed by atoms with Crippen molar-refractivity contribution in [1.29, 1.82) is 0 Å². The van der Waals surface area contributed by atoms with Crippen LogP contribution in [0.25, 0.3) is 0 Å². The lowest BCUT2D eigenvalue weighted by Crippen LogP contribution is -2.59. The van der Waals surface area contributed by atoms with Crippen LogP contribution in [0.5, 0.6) is 0 Å². The number of nitrogens with zero attached hydrogens (tertiary/aromatic N) is 2. The zero-order valence-corrected chi connectivity index (χ0v) is 18.6. The summed E-state index contributed by atoms with van der Waals surface area (Å²) in [5.74, 6) is -1.39. The average Bonchev–Trinajstić information content (AvgIpc) is 2.67. The van der Waals surface area contributed by atoms with E-state index >= 15 is 0 Å². The van der Waals surface area contributed by atoms with Crippen molar-refractivity contribution in [3.05, 3.63) is 70.8 Å². The Hall–Kier alpha value is -3.15. The molecule has 160 valence electrons. The lowest BCUT2D eigenvalue weighted by atomic mass is 10.0. The van der Waals surface area contributed by atoms with Gasteiger partial charge in [0.15, 0.2) is 0 Å². The van der Waals surface area contributed by atoms with Crippen LogP contribution in [0.4, 0.5) is 0 Å². The molecule has 2 rings (SSSR count). The summed E-state index contributed by atoms with van der Waals surface area (Å²) in [6.45, 7) is 10.8. The van der Waals surface area contributed by atoms with Crippen LogP contribution in [0.3, 0.4) is 0 Å². The molecule has 0 N–H and O–H groups in total. The number of amides is 2. The molecule has 0 atom stereocenters. The van der Waals surface area contributed by atoms with Gasteiger partial charge in [0.05, 0.1) is 12.1 Å². The third kappa shape index (κ3) is 5.69. The Balaban J connectivity index is 2.52. The van der Waals surface area contributed by atoms with E-state index in [1.807, 2.05) is 58.9 Å². The van der Waals surface area contributed by atoms with Gasteiger partial charge >= 0.3 is 5.97 Å². The topological polar surface area (TPSA) is 66.9 Å². The van der Waals surface area contributed by atoms with Gasteiger partial charge in [-0.1, -0.05) is 35.4 Å². The van der Waals surface area contributed by atoms with Crippen LogP contribution in [0, 0.1) is 13.8 Å². The van der Waals surface area contributed by atoms with Crippen LogP contribution in [0.1, 0.15) is 59.5 Å². The first kappa shape index (κ1) is 23.1. The van der Waals surface area contributed by atoms with Gasteiger partial charge in [0.2, 0.25) is 0 Å². The molecule has 0 aliphatic rings. The molecular formula is C24H30N2O4. The predicted octanol–water partition coefficient (Wildman–Crippen LogP) is 4.16. The number of esters is 1. The van der Waals surface area contributed by atoms with Crippen LogP contribution in [-0.2, 0) is 9.53 Å². The second-order valence-electron chi connectivity index (χ2n) is 8.19. The molecule has 2 aromatic carbocycles. The number of ether oxygens (including phenoxy) is 1. The van der Waals surface area contributed by atoms with Crippen molar-refractivity contribution in [2.45, 2.75) is 47.1 Å². The van der Waals surface area contributed by atoms with Gasteiger partial charge in [0.25, 0.3) is 11.8 Å². The number of rotatable bonds is 5. The van der Waals surface area contributed by atoms with E-state index in [1.165, 1.54) is 10.0 Å². The van der Waals surface area contributed by atoms with Crippen LogP contribution >= 0.6 is 0 Å². The summed E-state index contributed by atoms with van der Waals surface area (Å²) in [5.41, 5.74) is 2.08. The van der Waals surface area contributed by atoms with Crippen molar-refractivity contribution in [3.63, 3.8) is 0 Å². The molecule has 0 aromatic heterocycles. The molecule has 0 aliphatic heterocycles. The molecule has 0 bridgehead atoms. The molecule has 0 radical (unpaired) electrons. The van der Waals surface area contributed by atoms with E-state index in [0.29, 0.717) is 11.1 Å². The molecule has 0 saturated carbocycles. The Morgan fingerprint density at radius 1 is 0.800 bits per heavy atom. The largest absolute Gasteiger partial charge is 0.465 e. The molecule has 0 saturated heterocycles. The van der Waals surface area contributed by atoms with E-state index in [4.69, 9.17) is 4.74 Å². The van der Waals surface area contributed by atoms with Gasteiger partial charge in [-0.2, -0.15) is 0 Å². The third-order valence-corrected chi connectivity index (χ3v) is 4.48. The highest BCUT2D eigenvalue weighted by molar-refractivity contribution is 6.00. The van der Waals surface area contributed by atoms with Crippen LogP contribution < -0.4 is 0 Å². The van der Waals surface area contributed by atoms with E-state index in [0.717, 1.165) is 11.1 Å². The summed E-state index contributed by atoms with van der Waals surface area (Å²) in [5, 5.41) is 2.53. The standard InChI is InChI=1S/C24H30N2O4/c1-7-30-21(27)16-25(22(28)19-12-8-17(2)9-13-19)26(24(4,5)6)23(29)20-14-10-18(3)11-15-20/h8-15H,7,16H2,1-6H3. The highest BCUT2D eigenvalue weighted by atomic mass is 16.5. The number of carbonyl (C=O) groups excluding carboxylic acids is 3. The first-order valence-corrected chi connectivity index (χ1v) is 10.00.